The Balaban J connectivity index is 1.21. The number of anilines is 1. The summed E-state index contributed by atoms with van der Waals surface area (Å²) in [7, 11) is 0. The number of nitrogens with one attached hydrogen (secondary N) is 1. The van der Waals surface area contributed by atoms with Crippen molar-refractivity contribution >= 4 is 17.5 Å². The lowest BCUT2D eigenvalue weighted by Crippen LogP contribution is -2.44. The van der Waals surface area contributed by atoms with Crippen molar-refractivity contribution in [3.8, 4) is 0 Å². The second-order valence-corrected chi connectivity index (χ2v) is 7.20. The Hall–Kier alpha value is -2.76. The van der Waals surface area contributed by atoms with Gasteiger partial charge in [-0.3, -0.25) is 9.59 Å². The van der Waals surface area contributed by atoms with Crippen molar-refractivity contribution < 1.29 is 14.0 Å². The number of piperidine rings is 1. The maximum absolute atomic E-state index is 12.5. The lowest BCUT2D eigenvalue weighted by Gasteiger charge is -2.31. The van der Waals surface area contributed by atoms with E-state index in [1.807, 2.05) is 0 Å². The van der Waals surface area contributed by atoms with E-state index in [-0.39, 0.29) is 17.7 Å². The number of fused-ring (bicyclic) bond motifs is 1. The summed E-state index contributed by atoms with van der Waals surface area (Å²) < 4.78 is 5.17. The molecule has 0 radical (unpaired) electrons. The van der Waals surface area contributed by atoms with E-state index in [1.165, 1.54) is 17.5 Å². The number of benzene rings is 1. The molecular formula is C21H25N3O3. The molecule has 3 heterocycles. The number of carbonyl (C=O) groups is 2. The van der Waals surface area contributed by atoms with Gasteiger partial charge in [-0.25, -0.2) is 0 Å². The molecule has 1 aromatic heterocycles. The van der Waals surface area contributed by atoms with Crippen LogP contribution in [0, 0.1) is 5.92 Å². The van der Waals surface area contributed by atoms with E-state index in [0.29, 0.717) is 38.2 Å². The van der Waals surface area contributed by atoms with Gasteiger partial charge in [0.15, 0.2) is 5.76 Å². The average molecular weight is 367 g/mol. The van der Waals surface area contributed by atoms with Gasteiger partial charge in [0.1, 0.15) is 0 Å². The number of furan rings is 1. The molecule has 6 heteroatoms. The first-order valence-electron chi connectivity index (χ1n) is 9.66. The van der Waals surface area contributed by atoms with Crippen LogP contribution in [0.3, 0.4) is 0 Å². The second kappa shape index (κ2) is 7.86. The number of likely N-dealkylation sites (tertiary alicyclic amines) is 1. The molecule has 0 spiro atoms. The van der Waals surface area contributed by atoms with Gasteiger partial charge in [-0.2, -0.15) is 0 Å². The third-order valence-electron chi connectivity index (χ3n) is 5.55. The molecule has 27 heavy (non-hydrogen) atoms. The summed E-state index contributed by atoms with van der Waals surface area (Å²) in [6, 6.07) is 11.9. The molecule has 2 aliphatic heterocycles. The number of hydrogen-bond donors (Lipinski definition) is 1. The van der Waals surface area contributed by atoms with Gasteiger partial charge >= 0.3 is 0 Å². The summed E-state index contributed by atoms with van der Waals surface area (Å²) in [6.07, 6.45) is 3.98. The molecule has 0 bridgehead atoms. The molecule has 4 rings (SSSR count). The van der Waals surface area contributed by atoms with Crippen LogP contribution in [0.25, 0.3) is 0 Å². The molecule has 0 unspecified atom stereocenters. The van der Waals surface area contributed by atoms with Gasteiger partial charge in [-0.1, -0.05) is 18.2 Å². The number of nitrogens with zero attached hydrogens (tertiary/aromatic N) is 2. The van der Waals surface area contributed by atoms with Gasteiger partial charge in [-0.15, -0.1) is 0 Å². The highest BCUT2D eigenvalue weighted by Crippen LogP contribution is 2.26. The summed E-state index contributed by atoms with van der Waals surface area (Å²) in [5.41, 5.74) is 2.67. The lowest BCUT2D eigenvalue weighted by atomic mass is 9.95. The second-order valence-electron chi connectivity index (χ2n) is 7.20. The first kappa shape index (κ1) is 17.6. The van der Waals surface area contributed by atoms with Crippen molar-refractivity contribution in [1.29, 1.82) is 0 Å². The normalized spacial score (nSPS) is 17.0. The Morgan fingerprint density at radius 3 is 2.67 bits per heavy atom. The lowest BCUT2D eigenvalue weighted by molar-refractivity contribution is -0.126. The van der Waals surface area contributed by atoms with Crippen LogP contribution in [0.4, 0.5) is 5.69 Å². The monoisotopic (exact) mass is 367 g/mol. The van der Waals surface area contributed by atoms with Gasteiger partial charge in [0.05, 0.1) is 6.26 Å². The van der Waals surface area contributed by atoms with Crippen molar-refractivity contribution in [2.45, 2.75) is 19.3 Å². The number of amides is 2. The van der Waals surface area contributed by atoms with Crippen LogP contribution < -0.4 is 10.2 Å². The van der Waals surface area contributed by atoms with Crippen molar-refractivity contribution in [3.05, 3.63) is 54.0 Å². The van der Waals surface area contributed by atoms with Crippen molar-refractivity contribution in [2.75, 3.05) is 37.6 Å². The van der Waals surface area contributed by atoms with Gasteiger partial charge in [0.2, 0.25) is 5.91 Å². The standard InChI is InChI=1S/C21H25N3O3/c25-20(22-10-14-23-11-7-16-4-1-2-5-18(16)23)17-8-12-24(13-9-17)21(26)19-6-3-15-27-19/h1-6,15,17H,7-14H2,(H,22,25). The highest BCUT2D eigenvalue weighted by atomic mass is 16.3. The molecule has 1 fully saturated rings. The van der Waals surface area contributed by atoms with Crippen molar-refractivity contribution in [2.24, 2.45) is 5.92 Å². The zero-order valence-electron chi connectivity index (χ0n) is 15.4. The molecule has 1 saturated heterocycles. The Bertz CT molecular complexity index is 795. The van der Waals surface area contributed by atoms with E-state index in [4.69, 9.17) is 4.42 Å². The van der Waals surface area contributed by atoms with Gasteiger partial charge in [-0.05, 0) is 43.0 Å². The van der Waals surface area contributed by atoms with E-state index in [9.17, 15) is 9.59 Å². The fourth-order valence-electron chi connectivity index (χ4n) is 4.00. The molecular weight excluding hydrogens is 342 g/mol. The third-order valence-corrected chi connectivity index (χ3v) is 5.55. The molecule has 1 aromatic carbocycles. The van der Waals surface area contributed by atoms with E-state index in [1.54, 1.807) is 17.0 Å². The molecule has 1 N–H and O–H groups in total. The zero-order chi connectivity index (χ0) is 18.6. The van der Waals surface area contributed by atoms with E-state index in [2.05, 4.69) is 34.5 Å². The first-order valence-corrected chi connectivity index (χ1v) is 9.66. The molecule has 2 aromatic rings. The number of carbonyl (C=O) groups excluding carboxylic acids is 2. The topological polar surface area (TPSA) is 65.8 Å². The van der Waals surface area contributed by atoms with E-state index < -0.39 is 0 Å². The summed E-state index contributed by atoms with van der Waals surface area (Å²) in [5.74, 6) is 0.361. The fraction of sp³-hybridized carbons (Fsp3) is 0.429. The maximum atomic E-state index is 12.5. The first-order chi connectivity index (χ1) is 13.2. The summed E-state index contributed by atoms with van der Waals surface area (Å²) >= 11 is 0. The molecule has 142 valence electrons. The van der Waals surface area contributed by atoms with Gasteiger partial charge in [0, 0.05) is 44.3 Å². The largest absolute Gasteiger partial charge is 0.459 e. The number of rotatable bonds is 5. The zero-order valence-corrected chi connectivity index (χ0v) is 15.4. The Kier molecular flexibility index (Phi) is 5.14. The van der Waals surface area contributed by atoms with Crippen LogP contribution in [0.15, 0.2) is 47.1 Å². The quantitative estimate of drug-likeness (QED) is 0.881. The minimum Gasteiger partial charge on any atom is -0.459 e. The Labute approximate surface area is 159 Å². The Morgan fingerprint density at radius 2 is 1.89 bits per heavy atom. The molecule has 0 atom stereocenters. The van der Waals surface area contributed by atoms with Crippen LogP contribution in [0.2, 0.25) is 0 Å². The molecule has 2 amide bonds. The van der Waals surface area contributed by atoms with Crippen LogP contribution in [-0.4, -0.2) is 49.4 Å². The van der Waals surface area contributed by atoms with Gasteiger partial charge < -0.3 is 19.5 Å². The molecule has 2 aliphatic rings. The average Bonchev–Trinajstić information content (AvgIpc) is 3.38. The van der Waals surface area contributed by atoms with Crippen molar-refractivity contribution in [3.63, 3.8) is 0 Å². The predicted molar refractivity (Wildman–Crippen MR) is 103 cm³/mol. The highest BCUT2D eigenvalue weighted by molar-refractivity contribution is 5.91. The highest BCUT2D eigenvalue weighted by Gasteiger charge is 2.28. The SMILES string of the molecule is O=C(NCCN1CCc2ccccc21)C1CCN(C(=O)c2ccco2)CC1. The van der Waals surface area contributed by atoms with Gasteiger partial charge in [0.25, 0.3) is 5.91 Å². The Morgan fingerprint density at radius 1 is 1.07 bits per heavy atom. The minimum atomic E-state index is -0.0912. The molecule has 0 saturated carbocycles. The van der Waals surface area contributed by atoms with Crippen LogP contribution in [0.1, 0.15) is 29.0 Å². The molecule has 6 nitrogen and oxygen atoms in total. The summed E-state index contributed by atoms with van der Waals surface area (Å²) in [6.45, 7) is 3.69. The number of hydrogen-bond acceptors (Lipinski definition) is 4. The molecule has 0 aliphatic carbocycles. The maximum Gasteiger partial charge on any atom is 0.289 e. The minimum absolute atomic E-state index is 0.0171. The van der Waals surface area contributed by atoms with Crippen LogP contribution in [-0.2, 0) is 11.2 Å². The summed E-state index contributed by atoms with van der Waals surface area (Å²) in [4.78, 5) is 28.9. The van der Waals surface area contributed by atoms with Crippen molar-refractivity contribution in [1.82, 2.24) is 10.2 Å². The van der Waals surface area contributed by atoms with Crippen LogP contribution in [0.5, 0.6) is 0 Å². The predicted octanol–water partition coefficient (Wildman–Crippen LogP) is 2.31. The summed E-state index contributed by atoms with van der Waals surface area (Å²) in [5, 5.41) is 3.08. The smallest absolute Gasteiger partial charge is 0.289 e. The van der Waals surface area contributed by atoms with E-state index in [0.717, 1.165) is 19.5 Å². The number of para-hydroxylation sites is 1. The van der Waals surface area contributed by atoms with E-state index >= 15 is 0 Å². The fourth-order valence-corrected chi connectivity index (χ4v) is 4.00. The third kappa shape index (κ3) is 3.84. The van der Waals surface area contributed by atoms with Crippen LogP contribution >= 0.6 is 0 Å².